The van der Waals surface area contributed by atoms with Crippen LogP contribution in [-0.4, -0.2) is 23.9 Å². The Morgan fingerprint density at radius 2 is 2.23 bits per heavy atom. The van der Waals surface area contributed by atoms with Gasteiger partial charge in [0.05, 0.1) is 0 Å². The Labute approximate surface area is 87.3 Å². The summed E-state index contributed by atoms with van der Waals surface area (Å²) in [4.78, 5) is 0. The van der Waals surface area contributed by atoms with E-state index in [2.05, 4.69) is 28.1 Å². The first-order valence-corrected chi connectivity index (χ1v) is 5.12. The molecule has 2 nitrogen and oxygen atoms in total. The van der Waals surface area contributed by atoms with Crippen LogP contribution in [0.1, 0.15) is 12.0 Å². The number of rotatable bonds is 4. The molecular formula is C10H14BrNO. The zero-order chi connectivity index (χ0) is 9.68. The lowest BCUT2D eigenvalue weighted by Gasteiger charge is -2.07. The Hall–Kier alpha value is -0.380. The summed E-state index contributed by atoms with van der Waals surface area (Å²) in [6, 6.07) is 8.25. The Morgan fingerprint density at radius 1 is 1.46 bits per heavy atom. The second kappa shape index (κ2) is 5.37. The molecule has 0 unspecified atom stereocenters. The predicted molar refractivity (Wildman–Crippen MR) is 56.9 cm³/mol. The summed E-state index contributed by atoms with van der Waals surface area (Å²) >= 11 is 3.42. The van der Waals surface area contributed by atoms with Gasteiger partial charge in [-0.25, -0.2) is 0 Å². The minimum atomic E-state index is 0.715. The molecule has 0 aliphatic heterocycles. The highest BCUT2D eigenvalue weighted by molar-refractivity contribution is 9.10. The Morgan fingerprint density at radius 3 is 2.85 bits per heavy atom. The van der Waals surface area contributed by atoms with E-state index in [1.54, 1.807) is 7.05 Å². The highest BCUT2D eigenvalue weighted by Gasteiger charge is 1.95. The molecule has 1 rings (SSSR count). The van der Waals surface area contributed by atoms with Crippen molar-refractivity contribution in [3.05, 3.63) is 34.3 Å². The van der Waals surface area contributed by atoms with Crippen LogP contribution in [0, 0.1) is 0 Å². The lowest BCUT2D eigenvalue weighted by molar-refractivity contribution is -0.0651. The van der Waals surface area contributed by atoms with Crippen LogP contribution < -0.4 is 0 Å². The fourth-order valence-corrected chi connectivity index (χ4v) is 1.65. The molecule has 72 valence electrons. The molecule has 1 N–H and O–H groups in total. The molecule has 0 spiro atoms. The van der Waals surface area contributed by atoms with Gasteiger partial charge in [0, 0.05) is 18.1 Å². The van der Waals surface area contributed by atoms with Crippen molar-refractivity contribution in [3.63, 3.8) is 0 Å². The lowest BCUT2D eigenvalue weighted by atomic mass is 10.1. The minimum absolute atomic E-state index is 0.715. The van der Waals surface area contributed by atoms with E-state index in [0.29, 0.717) is 6.54 Å². The van der Waals surface area contributed by atoms with Gasteiger partial charge in [-0.15, -0.1) is 0 Å². The fraction of sp³-hybridized carbons (Fsp3) is 0.400. The fourth-order valence-electron chi connectivity index (χ4n) is 1.20. The third kappa shape index (κ3) is 4.41. The van der Waals surface area contributed by atoms with Gasteiger partial charge in [-0.05, 0) is 30.5 Å². The molecule has 1 aromatic rings. The lowest BCUT2D eigenvalue weighted by Crippen LogP contribution is -2.14. The van der Waals surface area contributed by atoms with Gasteiger partial charge in [-0.3, -0.25) is 0 Å². The quantitative estimate of drug-likeness (QED) is 0.823. The van der Waals surface area contributed by atoms with Crippen LogP contribution in [0.3, 0.4) is 0 Å². The summed E-state index contributed by atoms with van der Waals surface area (Å²) in [6.45, 7) is 0.715. The van der Waals surface area contributed by atoms with Gasteiger partial charge < -0.3 is 5.21 Å². The molecule has 0 bridgehead atoms. The van der Waals surface area contributed by atoms with Gasteiger partial charge in [0.25, 0.3) is 0 Å². The van der Waals surface area contributed by atoms with Crippen LogP contribution in [0.15, 0.2) is 28.7 Å². The maximum Gasteiger partial charge on any atom is 0.0238 e. The minimum Gasteiger partial charge on any atom is -0.314 e. The Balaban J connectivity index is 2.37. The zero-order valence-electron chi connectivity index (χ0n) is 7.70. The molecule has 0 fully saturated rings. The average Bonchev–Trinajstić information content (AvgIpc) is 2.03. The summed E-state index contributed by atoms with van der Waals surface area (Å²) in [5.74, 6) is 0. The van der Waals surface area contributed by atoms with E-state index >= 15 is 0 Å². The third-order valence-electron chi connectivity index (χ3n) is 1.84. The largest absolute Gasteiger partial charge is 0.314 e. The number of benzene rings is 1. The third-order valence-corrected chi connectivity index (χ3v) is 2.33. The van der Waals surface area contributed by atoms with Crippen LogP contribution in [0.5, 0.6) is 0 Å². The standard InChI is InChI=1S/C10H14BrNO/c1-12(13)7-3-5-9-4-2-6-10(11)8-9/h2,4,6,8,13H,3,5,7H2,1H3. The van der Waals surface area contributed by atoms with E-state index in [0.717, 1.165) is 17.3 Å². The monoisotopic (exact) mass is 243 g/mol. The molecule has 0 amide bonds. The molecule has 0 saturated heterocycles. The number of hydroxylamine groups is 2. The van der Waals surface area contributed by atoms with Gasteiger partial charge in [0.1, 0.15) is 0 Å². The smallest absolute Gasteiger partial charge is 0.0238 e. The van der Waals surface area contributed by atoms with E-state index in [1.807, 2.05) is 12.1 Å². The molecule has 1 aromatic carbocycles. The second-order valence-corrected chi connectivity index (χ2v) is 4.03. The van der Waals surface area contributed by atoms with E-state index in [9.17, 15) is 0 Å². The van der Waals surface area contributed by atoms with E-state index in [4.69, 9.17) is 5.21 Å². The molecule has 3 heteroatoms. The van der Waals surface area contributed by atoms with Crippen molar-refractivity contribution < 1.29 is 5.21 Å². The second-order valence-electron chi connectivity index (χ2n) is 3.11. The first-order valence-electron chi connectivity index (χ1n) is 4.33. The number of aryl methyl sites for hydroxylation is 1. The van der Waals surface area contributed by atoms with E-state index in [-0.39, 0.29) is 0 Å². The van der Waals surface area contributed by atoms with Crippen molar-refractivity contribution in [2.24, 2.45) is 0 Å². The van der Waals surface area contributed by atoms with Crippen molar-refractivity contribution >= 4 is 15.9 Å². The maximum atomic E-state index is 8.91. The number of nitrogens with zero attached hydrogens (tertiary/aromatic N) is 1. The molecule has 0 aliphatic carbocycles. The molecule has 0 aliphatic rings. The number of hydrogen-bond donors (Lipinski definition) is 1. The Kier molecular flexibility index (Phi) is 4.42. The summed E-state index contributed by atoms with van der Waals surface area (Å²) in [6.07, 6.45) is 1.98. The SMILES string of the molecule is CN(O)CCCc1cccc(Br)c1. The summed E-state index contributed by atoms with van der Waals surface area (Å²) in [5.41, 5.74) is 1.30. The highest BCUT2D eigenvalue weighted by atomic mass is 79.9. The van der Waals surface area contributed by atoms with E-state index < -0.39 is 0 Å². The zero-order valence-corrected chi connectivity index (χ0v) is 9.29. The van der Waals surface area contributed by atoms with Crippen molar-refractivity contribution in [3.8, 4) is 0 Å². The van der Waals surface area contributed by atoms with Gasteiger partial charge >= 0.3 is 0 Å². The first-order chi connectivity index (χ1) is 6.18. The first kappa shape index (κ1) is 10.7. The van der Waals surface area contributed by atoms with Gasteiger partial charge in [0.2, 0.25) is 0 Å². The van der Waals surface area contributed by atoms with Crippen LogP contribution >= 0.6 is 15.9 Å². The molecule has 0 aromatic heterocycles. The topological polar surface area (TPSA) is 23.5 Å². The molecule has 0 saturated carbocycles. The van der Waals surface area contributed by atoms with E-state index in [1.165, 1.54) is 10.6 Å². The molecule has 0 atom stereocenters. The number of halogens is 1. The van der Waals surface area contributed by atoms with Crippen molar-refractivity contribution in [2.75, 3.05) is 13.6 Å². The van der Waals surface area contributed by atoms with Gasteiger partial charge in [0.15, 0.2) is 0 Å². The number of hydrogen-bond acceptors (Lipinski definition) is 2. The predicted octanol–water partition coefficient (Wildman–Crippen LogP) is 2.70. The molecular weight excluding hydrogens is 230 g/mol. The summed E-state index contributed by atoms with van der Waals surface area (Å²) in [5, 5.41) is 10.1. The van der Waals surface area contributed by atoms with Gasteiger partial charge in [-0.1, -0.05) is 28.1 Å². The summed E-state index contributed by atoms with van der Waals surface area (Å²) in [7, 11) is 1.67. The molecule has 0 heterocycles. The average molecular weight is 244 g/mol. The molecule has 0 radical (unpaired) electrons. The van der Waals surface area contributed by atoms with Crippen molar-refractivity contribution in [2.45, 2.75) is 12.8 Å². The van der Waals surface area contributed by atoms with Crippen molar-refractivity contribution in [1.82, 2.24) is 5.06 Å². The van der Waals surface area contributed by atoms with Crippen molar-refractivity contribution in [1.29, 1.82) is 0 Å². The Bertz CT molecular complexity index is 263. The van der Waals surface area contributed by atoms with Crippen LogP contribution in [0.4, 0.5) is 0 Å². The molecule has 13 heavy (non-hydrogen) atoms. The van der Waals surface area contributed by atoms with Gasteiger partial charge in [-0.2, -0.15) is 5.06 Å². The maximum absolute atomic E-state index is 8.91. The van der Waals surface area contributed by atoms with Crippen LogP contribution in [0.2, 0.25) is 0 Å². The highest BCUT2D eigenvalue weighted by Crippen LogP contribution is 2.12. The normalized spacial score (nSPS) is 10.8. The van der Waals surface area contributed by atoms with Crippen LogP contribution in [-0.2, 0) is 6.42 Å². The van der Waals surface area contributed by atoms with Crippen LogP contribution in [0.25, 0.3) is 0 Å². The summed E-state index contributed by atoms with van der Waals surface area (Å²) < 4.78 is 1.11.